The predicted molar refractivity (Wildman–Crippen MR) is 217 cm³/mol. The van der Waals surface area contributed by atoms with Crippen LogP contribution in [0.15, 0.2) is 127 Å². The second-order valence-electron chi connectivity index (χ2n) is 14.2. The summed E-state index contributed by atoms with van der Waals surface area (Å²) in [4.78, 5) is 0. The Bertz CT molecular complexity index is 2180. The Morgan fingerprint density at radius 1 is 0.377 bits per heavy atom. The van der Waals surface area contributed by atoms with Gasteiger partial charge in [0.05, 0.1) is 19.8 Å². The average Bonchev–Trinajstić information content (AvgIpc) is 3.15. The van der Waals surface area contributed by atoms with Gasteiger partial charge in [0.25, 0.3) is 0 Å². The van der Waals surface area contributed by atoms with Crippen molar-refractivity contribution < 1.29 is 18.1 Å². The third-order valence-electron chi connectivity index (χ3n) is 10.6. The monoisotopic (exact) mass is 722 g/mol. The minimum atomic E-state index is -4.03. The molecule has 6 rings (SSSR count). The van der Waals surface area contributed by atoms with Crippen LogP contribution in [0.2, 0.25) is 0 Å². The number of benzene rings is 6. The van der Waals surface area contributed by atoms with E-state index in [4.69, 9.17) is 13.6 Å². The zero-order valence-electron chi connectivity index (χ0n) is 31.9. The summed E-state index contributed by atoms with van der Waals surface area (Å²) in [6.07, 6.45) is 2.36. The van der Waals surface area contributed by atoms with Gasteiger partial charge >= 0.3 is 7.82 Å². The molecule has 0 aliphatic carbocycles. The van der Waals surface area contributed by atoms with E-state index in [2.05, 4.69) is 107 Å². The molecule has 5 heteroatoms. The van der Waals surface area contributed by atoms with E-state index in [1.54, 1.807) is 0 Å². The molecule has 0 N–H and O–H groups in total. The minimum absolute atomic E-state index is 0.0802. The van der Waals surface area contributed by atoms with E-state index in [0.29, 0.717) is 0 Å². The van der Waals surface area contributed by atoms with Crippen LogP contribution in [0.4, 0.5) is 0 Å². The lowest BCUT2D eigenvalue weighted by atomic mass is 9.82. The van der Waals surface area contributed by atoms with Crippen molar-refractivity contribution in [3.8, 4) is 0 Å². The molecule has 4 nitrogen and oxygen atoms in total. The highest BCUT2D eigenvalue weighted by molar-refractivity contribution is 7.48. The van der Waals surface area contributed by atoms with Crippen molar-refractivity contribution in [1.29, 1.82) is 0 Å². The molecule has 6 aromatic carbocycles. The highest BCUT2D eigenvalue weighted by atomic mass is 31.2. The predicted octanol–water partition coefficient (Wildman–Crippen LogP) is 12.4. The van der Waals surface area contributed by atoms with E-state index in [1.165, 1.54) is 50.1 Å². The highest BCUT2D eigenvalue weighted by Crippen LogP contribution is 2.52. The van der Waals surface area contributed by atoms with E-state index in [1.807, 2.05) is 62.4 Å². The van der Waals surface area contributed by atoms with Crippen molar-refractivity contribution >= 4 is 7.82 Å². The molecule has 0 saturated heterocycles. The number of rotatable bonds is 15. The summed E-state index contributed by atoms with van der Waals surface area (Å²) in [6.45, 7) is 13.1. The first-order chi connectivity index (χ1) is 25.6. The van der Waals surface area contributed by atoms with E-state index >= 15 is 0 Å². The maximum Gasteiger partial charge on any atom is 0.475 e. The lowest BCUT2D eigenvalue weighted by Gasteiger charge is -2.24. The summed E-state index contributed by atoms with van der Waals surface area (Å²) < 4.78 is 33.2. The molecule has 0 aliphatic heterocycles. The maximum atomic E-state index is 14.6. The van der Waals surface area contributed by atoms with Crippen LogP contribution in [0, 0.1) is 41.5 Å². The van der Waals surface area contributed by atoms with Crippen LogP contribution in [-0.4, -0.2) is 0 Å². The van der Waals surface area contributed by atoms with E-state index in [9.17, 15) is 4.57 Å². The second kappa shape index (κ2) is 17.5. The molecule has 0 bridgehead atoms. The Kier molecular flexibility index (Phi) is 12.6. The summed E-state index contributed by atoms with van der Waals surface area (Å²) in [6, 6.07) is 44.0. The summed E-state index contributed by atoms with van der Waals surface area (Å²) >= 11 is 0. The lowest BCUT2D eigenvalue weighted by Crippen LogP contribution is -2.11. The molecule has 6 aromatic rings. The number of hydrogen-bond donors (Lipinski definition) is 0. The Morgan fingerprint density at radius 2 is 0.698 bits per heavy atom. The molecule has 0 radical (unpaired) electrons. The van der Waals surface area contributed by atoms with E-state index in [-0.39, 0.29) is 19.8 Å². The van der Waals surface area contributed by atoms with Crippen molar-refractivity contribution in [2.24, 2.45) is 0 Å². The number of hydrogen-bond acceptors (Lipinski definition) is 4. The Hall–Kier alpha value is -4.57. The Labute approximate surface area is 316 Å². The first kappa shape index (κ1) is 38.2. The van der Waals surface area contributed by atoms with Gasteiger partial charge in [0.2, 0.25) is 0 Å². The van der Waals surface area contributed by atoms with Gasteiger partial charge in [0, 0.05) is 0 Å². The molecular formula is C48H51O4P. The fourth-order valence-electron chi connectivity index (χ4n) is 6.90. The van der Waals surface area contributed by atoms with Crippen molar-refractivity contribution in [3.63, 3.8) is 0 Å². The molecule has 0 amide bonds. The van der Waals surface area contributed by atoms with Gasteiger partial charge in [-0.25, -0.2) is 4.57 Å². The molecular weight excluding hydrogens is 671 g/mol. The average molecular weight is 723 g/mol. The summed E-state index contributed by atoms with van der Waals surface area (Å²) in [7, 11) is -4.03. The summed E-state index contributed by atoms with van der Waals surface area (Å²) in [5.41, 5.74) is 17.6. The molecule has 0 aliphatic rings. The van der Waals surface area contributed by atoms with Crippen molar-refractivity contribution in [1.82, 2.24) is 0 Å². The molecule has 0 saturated carbocycles. The van der Waals surface area contributed by atoms with Crippen LogP contribution in [-0.2, 0) is 57.2 Å². The van der Waals surface area contributed by atoms with Crippen molar-refractivity contribution in [2.75, 3.05) is 0 Å². The fourth-order valence-corrected chi connectivity index (χ4v) is 8.02. The van der Waals surface area contributed by atoms with Crippen LogP contribution in [0.25, 0.3) is 0 Å². The molecule has 53 heavy (non-hydrogen) atoms. The molecule has 0 unspecified atom stereocenters. The van der Waals surface area contributed by atoms with Gasteiger partial charge in [-0.15, -0.1) is 0 Å². The van der Waals surface area contributed by atoms with Crippen LogP contribution in [0.1, 0.15) is 83.5 Å². The van der Waals surface area contributed by atoms with Gasteiger partial charge in [-0.3, -0.25) is 13.6 Å². The third-order valence-corrected chi connectivity index (χ3v) is 11.9. The number of phosphoric acid groups is 1. The van der Waals surface area contributed by atoms with Crippen molar-refractivity contribution in [3.05, 3.63) is 211 Å². The summed E-state index contributed by atoms with van der Waals surface area (Å²) in [5.74, 6) is 0. The molecule has 0 heterocycles. The fraction of sp³-hybridized carbons (Fsp3) is 0.250. The van der Waals surface area contributed by atoms with Crippen molar-refractivity contribution in [2.45, 2.75) is 80.6 Å². The van der Waals surface area contributed by atoms with Gasteiger partial charge in [-0.05, 0) is 144 Å². The van der Waals surface area contributed by atoms with Gasteiger partial charge < -0.3 is 0 Å². The number of phosphoric ester groups is 1. The molecule has 0 atom stereocenters. The smallest absolute Gasteiger partial charge is 0.282 e. The normalized spacial score (nSPS) is 11.6. The van der Waals surface area contributed by atoms with Gasteiger partial charge in [0.1, 0.15) is 0 Å². The van der Waals surface area contributed by atoms with Crippen LogP contribution in [0.3, 0.4) is 0 Å². The molecule has 272 valence electrons. The van der Waals surface area contributed by atoms with E-state index < -0.39 is 7.82 Å². The first-order valence-corrected chi connectivity index (χ1v) is 20.0. The van der Waals surface area contributed by atoms with E-state index in [0.717, 1.165) is 52.6 Å². The standard InChI is InChI=1S/C48H51O4P/c1-34-17-7-12-22-40(34)27-45-28-46(39(6)47(29-41-23-13-8-18-35(41)2)48(45)30-42-24-14-9-19-36(42)3)33-52-53(49,50-31-43-25-15-10-20-37(43)4)51-32-44-26-16-11-21-38(44)5/h7-26,28H,27,29-33H2,1-6H3. The maximum absolute atomic E-state index is 14.6. The van der Waals surface area contributed by atoms with Gasteiger partial charge in [0.15, 0.2) is 0 Å². The highest BCUT2D eigenvalue weighted by Gasteiger charge is 2.29. The molecule has 0 spiro atoms. The Morgan fingerprint density at radius 3 is 1.09 bits per heavy atom. The van der Waals surface area contributed by atoms with Crippen LogP contribution >= 0.6 is 7.82 Å². The third kappa shape index (κ3) is 9.71. The Balaban J connectivity index is 1.42. The number of aryl methyl sites for hydroxylation is 5. The quantitative estimate of drug-likeness (QED) is 0.0990. The molecule has 0 fully saturated rings. The first-order valence-electron chi connectivity index (χ1n) is 18.5. The zero-order valence-corrected chi connectivity index (χ0v) is 32.8. The summed E-state index contributed by atoms with van der Waals surface area (Å²) in [5, 5.41) is 0. The molecule has 0 aromatic heterocycles. The van der Waals surface area contributed by atoms with Crippen LogP contribution in [0.5, 0.6) is 0 Å². The van der Waals surface area contributed by atoms with Gasteiger partial charge in [-0.2, -0.15) is 0 Å². The zero-order chi connectivity index (χ0) is 37.4. The largest absolute Gasteiger partial charge is 0.475 e. The minimum Gasteiger partial charge on any atom is -0.282 e. The topological polar surface area (TPSA) is 44.8 Å². The lowest BCUT2D eigenvalue weighted by molar-refractivity contribution is 0.0975. The van der Waals surface area contributed by atoms with Gasteiger partial charge in [-0.1, -0.05) is 127 Å². The SMILES string of the molecule is Cc1ccccc1COP(=O)(OCc1ccccc1C)OCc1cc(Cc2ccccc2C)c(Cc2ccccc2C)c(Cc2ccccc2C)c1C. The second-order valence-corrected chi connectivity index (χ2v) is 15.9. The van der Waals surface area contributed by atoms with Crippen LogP contribution < -0.4 is 0 Å².